The van der Waals surface area contributed by atoms with Crippen molar-refractivity contribution in [2.45, 2.75) is 37.8 Å². The zero-order valence-electron chi connectivity index (χ0n) is 14.1. The van der Waals surface area contributed by atoms with Gasteiger partial charge in [-0.1, -0.05) is 12.1 Å². The fraction of sp³-hybridized carbons (Fsp3) is 0.375. The van der Waals surface area contributed by atoms with E-state index in [1.54, 1.807) is 10.7 Å². The monoisotopic (exact) mass is 362 g/mol. The lowest BCUT2D eigenvalue weighted by Gasteiger charge is -2.23. The number of nitro groups is 1. The average molecular weight is 362 g/mol. The van der Waals surface area contributed by atoms with Gasteiger partial charge in [-0.2, -0.15) is 5.10 Å². The number of hydrogen-bond acceptors (Lipinski definition) is 5. The minimum Gasteiger partial charge on any atom is -0.306 e. The summed E-state index contributed by atoms with van der Waals surface area (Å²) in [4.78, 5) is 23.2. The minimum atomic E-state index is -1.04. The topological polar surface area (TPSA) is 107 Å². The first kappa shape index (κ1) is 17.3. The number of aromatic nitrogens is 2. The van der Waals surface area contributed by atoms with E-state index >= 15 is 0 Å². The summed E-state index contributed by atoms with van der Waals surface area (Å²) in [5.41, 5.74) is 0.743. The number of anilines is 1. The number of benzene rings is 1. The number of para-hydroxylation sites is 1. The Morgan fingerprint density at radius 3 is 2.64 bits per heavy atom. The van der Waals surface area contributed by atoms with Gasteiger partial charge in [-0.25, -0.2) is 4.68 Å². The van der Waals surface area contributed by atoms with Crippen molar-refractivity contribution in [1.29, 1.82) is 0 Å². The Morgan fingerprint density at radius 2 is 2.00 bits per heavy atom. The van der Waals surface area contributed by atoms with Gasteiger partial charge in [0, 0.05) is 22.4 Å². The van der Waals surface area contributed by atoms with E-state index in [0.29, 0.717) is 23.0 Å². The molecule has 2 heterocycles. The Balaban J connectivity index is 2.03. The number of hydrogen-bond donors (Lipinski definition) is 1. The second-order valence-corrected chi connectivity index (χ2v) is 8.27. The number of fused-ring (bicyclic) bond motifs is 1. The van der Waals surface area contributed by atoms with Gasteiger partial charge in [0.25, 0.3) is 11.6 Å². The number of nitrogens with one attached hydrogen (secondary N) is 1. The lowest BCUT2D eigenvalue weighted by atomic mass is 10.1. The smallest absolute Gasteiger partial charge is 0.282 e. The van der Waals surface area contributed by atoms with E-state index in [-0.39, 0.29) is 11.3 Å². The Hall–Kier alpha value is -2.55. The van der Waals surface area contributed by atoms with Gasteiger partial charge in [0.2, 0.25) is 0 Å². The third kappa shape index (κ3) is 3.19. The predicted octanol–water partition coefficient (Wildman–Crippen LogP) is 2.56. The molecule has 1 atom stereocenters. The molecule has 1 amide bonds. The highest BCUT2D eigenvalue weighted by Crippen LogP contribution is 2.33. The molecule has 0 saturated carbocycles. The third-order valence-electron chi connectivity index (χ3n) is 3.88. The van der Waals surface area contributed by atoms with E-state index in [1.807, 2.05) is 20.8 Å². The molecule has 1 aliphatic heterocycles. The number of rotatable bonds is 3. The van der Waals surface area contributed by atoms with Crippen molar-refractivity contribution in [2.24, 2.45) is 0 Å². The van der Waals surface area contributed by atoms with Crippen LogP contribution >= 0.6 is 0 Å². The highest BCUT2D eigenvalue weighted by molar-refractivity contribution is 7.83. The normalized spacial score (nSPS) is 16.5. The zero-order chi connectivity index (χ0) is 18.4. The van der Waals surface area contributed by atoms with E-state index in [9.17, 15) is 19.1 Å². The predicted molar refractivity (Wildman–Crippen MR) is 93.8 cm³/mol. The third-order valence-corrected chi connectivity index (χ3v) is 5.09. The van der Waals surface area contributed by atoms with Gasteiger partial charge < -0.3 is 5.32 Å². The van der Waals surface area contributed by atoms with Crippen molar-refractivity contribution in [2.75, 3.05) is 5.32 Å². The SMILES string of the molecule is CC(C)(C)n1nc2c(c1NC(=O)c1ccccc1[N+](=O)[O-])CS(=O)C2. The Kier molecular flexibility index (Phi) is 4.19. The van der Waals surface area contributed by atoms with Crippen molar-refractivity contribution in [3.05, 3.63) is 51.2 Å². The van der Waals surface area contributed by atoms with Crippen LogP contribution in [-0.2, 0) is 27.8 Å². The largest absolute Gasteiger partial charge is 0.306 e. The van der Waals surface area contributed by atoms with Crippen LogP contribution in [0.2, 0.25) is 0 Å². The van der Waals surface area contributed by atoms with Crippen LogP contribution < -0.4 is 5.32 Å². The molecule has 0 fully saturated rings. The summed E-state index contributed by atoms with van der Waals surface area (Å²) in [6.45, 7) is 5.81. The quantitative estimate of drug-likeness (QED) is 0.667. The molecule has 1 N–H and O–H groups in total. The van der Waals surface area contributed by atoms with Crippen molar-refractivity contribution in [3.63, 3.8) is 0 Å². The molecule has 9 heteroatoms. The Morgan fingerprint density at radius 1 is 1.32 bits per heavy atom. The number of carbonyl (C=O) groups is 1. The second-order valence-electron chi connectivity index (χ2n) is 6.81. The van der Waals surface area contributed by atoms with Crippen LogP contribution in [-0.4, -0.2) is 24.8 Å². The van der Waals surface area contributed by atoms with Crippen LogP contribution in [0.5, 0.6) is 0 Å². The number of nitrogens with zero attached hydrogens (tertiary/aromatic N) is 3. The molecule has 1 aromatic carbocycles. The number of nitro benzene ring substituents is 1. The highest BCUT2D eigenvalue weighted by Gasteiger charge is 2.32. The molecule has 0 spiro atoms. The summed E-state index contributed by atoms with van der Waals surface area (Å²) < 4.78 is 13.5. The van der Waals surface area contributed by atoms with Gasteiger partial charge in [-0.3, -0.25) is 19.1 Å². The van der Waals surface area contributed by atoms with E-state index in [2.05, 4.69) is 10.4 Å². The Bertz CT molecular complexity index is 898. The van der Waals surface area contributed by atoms with E-state index in [1.165, 1.54) is 18.2 Å². The maximum atomic E-state index is 12.7. The van der Waals surface area contributed by atoms with Crippen LogP contribution in [0.3, 0.4) is 0 Å². The molecule has 132 valence electrons. The summed E-state index contributed by atoms with van der Waals surface area (Å²) in [6, 6.07) is 5.77. The van der Waals surface area contributed by atoms with Crippen LogP contribution in [0.1, 0.15) is 42.4 Å². The summed E-state index contributed by atoms with van der Waals surface area (Å²) in [5, 5.41) is 18.4. The molecule has 8 nitrogen and oxygen atoms in total. The molecule has 1 aliphatic rings. The molecule has 0 aliphatic carbocycles. The number of amides is 1. The highest BCUT2D eigenvalue weighted by atomic mass is 32.2. The van der Waals surface area contributed by atoms with Gasteiger partial charge >= 0.3 is 0 Å². The van der Waals surface area contributed by atoms with Crippen molar-refractivity contribution >= 4 is 28.2 Å². The lowest BCUT2D eigenvalue weighted by Crippen LogP contribution is -2.27. The molecule has 25 heavy (non-hydrogen) atoms. The van der Waals surface area contributed by atoms with E-state index < -0.39 is 27.2 Å². The molecular formula is C16H18N4O4S. The van der Waals surface area contributed by atoms with Crippen LogP contribution in [0.25, 0.3) is 0 Å². The molecule has 0 saturated heterocycles. The molecular weight excluding hydrogens is 344 g/mol. The van der Waals surface area contributed by atoms with Gasteiger partial charge in [0.1, 0.15) is 11.4 Å². The van der Waals surface area contributed by atoms with E-state index in [4.69, 9.17) is 0 Å². The Labute approximate surface area is 146 Å². The summed E-state index contributed by atoms with van der Waals surface area (Å²) in [7, 11) is -1.04. The standard InChI is InChI=1S/C16H18N4O4S/c1-16(2,3)19-14(11-8-25(24)9-12(11)18-19)17-15(21)10-6-4-5-7-13(10)20(22)23/h4-7H,8-9H2,1-3H3,(H,17,21). The molecule has 0 radical (unpaired) electrons. The maximum absolute atomic E-state index is 12.7. The van der Waals surface area contributed by atoms with Crippen molar-refractivity contribution in [1.82, 2.24) is 9.78 Å². The first-order valence-corrected chi connectivity index (χ1v) is 9.18. The molecule has 2 aromatic rings. The minimum absolute atomic E-state index is 0.0259. The fourth-order valence-electron chi connectivity index (χ4n) is 2.74. The first-order valence-electron chi connectivity index (χ1n) is 7.69. The van der Waals surface area contributed by atoms with Crippen LogP contribution in [0.15, 0.2) is 24.3 Å². The molecule has 0 bridgehead atoms. The summed E-state index contributed by atoms with van der Waals surface area (Å²) in [6.07, 6.45) is 0. The van der Waals surface area contributed by atoms with Gasteiger partial charge in [0.05, 0.1) is 27.7 Å². The fourth-order valence-corrected chi connectivity index (χ4v) is 4.01. The van der Waals surface area contributed by atoms with Gasteiger partial charge in [-0.05, 0) is 26.8 Å². The van der Waals surface area contributed by atoms with E-state index in [0.717, 1.165) is 5.56 Å². The maximum Gasteiger partial charge on any atom is 0.282 e. The average Bonchev–Trinajstić information content (AvgIpc) is 3.04. The second kappa shape index (κ2) is 6.07. The zero-order valence-corrected chi connectivity index (χ0v) is 14.9. The van der Waals surface area contributed by atoms with Crippen LogP contribution in [0.4, 0.5) is 11.5 Å². The summed E-state index contributed by atoms with van der Waals surface area (Å²) >= 11 is 0. The van der Waals surface area contributed by atoms with Crippen LogP contribution in [0, 0.1) is 10.1 Å². The molecule has 1 unspecified atom stereocenters. The van der Waals surface area contributed by atoms with Gasteiger partial charge in [0.15, 0.2) is 0 Å². The van der Waals surface area contributed by atoms with Gasteiger partial charge in [-0.15, -0.1) is 0 Å². The summed E-state index contributed by atoms with van der Waals surface area (Å²) in [5.74, 6) is 0.541. The molecule has 1 aromatic heterocycles. The van der Waals surface area contributed by atoms with Crippen molar-refractivity contribution in [3.8, 4) is 0 Å². The molecule has 3 rings (SSSR count). The lowest BCUT2D eigenvalue weighted by molar-refractivity contribution is -0.385. The first-order chi connectivity index (χ1) is 11.7. The van der Waals surface area contributed by atoms with Crippen molar-refractivity contribution < 1.29 is 13.9 Å². The number of carbonyl (C=O) groups excluding carboxylic acids is 1.